The van der Waals surface area contributed by atoms with Crippen molar-refractivity contribution < 1.29 is 4.79 Å². The summed E-state index contributed by atoms with van der Waals surface area (Å²) in [6, 6.07) is 1.93. The van der Waals surface area contributed by atoms with Crippen molar-refractivity contribution in [3.63, 3.8) is 0 Å². The smallest absolute Gasteiger partial charge is 0.253 e. The molecule has 0 aromatic carbocycles. The molecule has 2 unspecified atom stereocenters. The minimum Gasteiger partial charge on any atom is -0.383 e. The molecular weight excluding hydrogens is 238 g/mol. The minimum absolute atomic E-state index is 0.0335. The van der Waals surface area contributed by atoms with Gasteiger partial charge in [0.2, 0.25) is 0 Å². The summed E-state index contributed by atoms with van der Waals surface area (Å²) >= 11 is 0. The molecule has 1 aromatic heterocycles. The van der Waals surface area contributed by atoms with E-state index in [0.29, 0.717) is 11.5 Å². The highest BCUT2D eigenvalue weighted by Crippen LogP contribution is 2.15. The van der Waals surface area contributed by atoms with Gasteiger partial charge in [0.05, 0.1) is 17.4 Å². The van der Waals surface area contributed by atoms with Crippen molar-refractivity contribution in [1.29, 1.82) is 0 Å². The van der Waals surface area contributed by atoms with E-state index in [4.69, 9.17) is 0 Å². The van der Waals surface area contributed by atoms with Gasteiger partial charge in [-0.1, -0.05) is 27.2 Å². The number of amides is 1. The van der Waals surface area contributed by atoms with E-state index in [0.717, 1.165) is 25.1 Å². The van der Waals surface area contributed by atoms with Crippen molar-refractivity contribution in [1.82, 2.24) is 10.3 Å². The summed E-state index contributed by atoms with van der Waals surface area (Å²) in [5.41, 5.74) is 1.47. The Morgan fingerprint density at radius 3 is 2.74 bits per heavy atom. The first kappa shape index (κ1) is 15.5. The first-order chi connectivity index (χ1) is 9.10. The summed E-state index contributed by atoms with van der Waals surface area (Å²) in [5, 5.41) is 6.29. The summed E-state index contributed by atoms with van der Waals surface area (Å²) < 4.78 is 0. The second-order valence-corrected chi connectivity index (χ2v) is 5.00. The maximum Gasteiger partial charge on any atom is 0.253 e. The molecule has 0 fully saturated rings. The van der Waals surface area contributed by atoms with Crippen LogP contribution >= 0.6 is 0 Å². The normalized spacial score (nSPS) is 13.7. The molecule has 4 nitrogen and oxygen atoms in total. The predicted molar refractivity (Wildman–Crippen MR) is 79.4 cm³/mol. The van der Waals surface area contributed by atoms with Crippen LogP contribution in [0.4, 0.5) is 5.69 Å². The topological polar surface area (TPSA) is 54.0 Å². The summed E-state index contributed by atoms with van der Waals surface area (Å²) in [5.74, 6) is 0.437. The lowest BCUT2D eigenvalue weighted by molar-refractivity contribution is 0.0929. The van der Waals surface area contributed by atoms with Crippen LogP contribution in [0.1, 0.15) is 50.9 Å². The van der Waals surface area contributed by atoms with Crippen LogP contribution in [0.25, 0.3) is 0 Å². The van der Waals surface area contributed by atoms with Crippen LogP contribution < -0.4 is 10.6 Å². The Hall–Kier alpha value is -1.58. The quantitative estimate of drug-likeness (QED) is 0.795. The molecule has 1 heterocycles. The molecule has 0 bridgehead atoms. The summed E-state index contributed by atoms with van der Waals surface area (Å²) in [4.78, 5) is 16.3. The van der Waals surface area contributed by atoms with Gasteiger partial charge < -0.3 is 10.6 Å². The number of hydrogen-bond donors (Lipinski definition) is 2. The fraction of sp³-hybridized carbons (Fsp3) is 0.600. The predicted octanol–water partition coefficient (Wildman–Crippen LogP) is 3.07. The number of pyridine rings is 1. The van der Waals surface area contributed by atoms with E-state index in [-0.39, 0.29) is 11.9 Å². The van der Waals surface area contributed by atoms with Gasteiger partial charge in [0.25, 0.3) is 5.91 Å². The SMILES string of the molecule is CCCNc1cnccc1C(=O)NC(C)C(C)CC. The van der Waals surface area contributed by atoms with Gasteiger partial charge in [-0.05, 0) is 25.3 Å². The van der Waals surface area contributed by atoms with E-state index >= 15 is 0 Å². The van der Waals surface area contributed by atoms with Crippen molar-refractivity contribution in [3.05, 3.63) is 24.0 Å². The molecule has 0 aliphatic rings. The lowest BCUT2D eigenvalue weighted by atomic mass is 10.0. The van der Waals surface area contributed by atoms with Crippen molar-refractivity contribution in [2.24, 2.45) is 5.92 Å². The van der Waals surface area contributed by atoms with Crippen LogP contribution in [0.2, 0.25) is 0 Å². The van der Waals surface area contributed by atoms with Gasteiger partial charge >= 0.3 is 0 Å². The Labute approximate surface area is 116 Å². The van der Waals surface area contributed by atoms with Crippen molar-refractivity contribution in [2.45, 2.75) is 46.6 Å². The first-order valence-corrected chi connectivity index (χ1v) is 7.08. The van der Waals surface area contributed by atoms with E-state index in [1.165, 1.54) is 0 Å². The number of nitrogens with zero attached hydrogens (tertiary/aromatic N) is 1. The molecule has 4 heteroatoms. The third kappa shape index (κ3) is 4.54. The third-order valence-electron chi connectivity index (χ3n) is 3.49. The second-order valence-electron chi connectivity index (χ2n) is 5.00. The van der Waals surface area contributed by atoms with Gasteiger partial charge in [-0.2, -0.15) is 0 Å². The number of anilines is 1. The standard InChI is InChI=1S/C15H25N3O/c1-5-8-17-14-10-16-9-7-13(14)15(19)18-12(4)11(3)6-2/h7,9-12,17H,5-6,8H2,1-4H3,(H,18,19). The maximum atomic E-state index is 12.3. The number of rotatable bonds is 7. The van der Waals surface area contributed by atoms with Crippen LogP contribution in [0.5, 0.6) is 0 Å². The highest BCUT2D eigenvalue weighted by Gasteiger charge is 2.16. The average molecular weight is 263 g/mol. The number of carbonyl (C=O) groups is 1. The Bertz CT molecular complexity index is 406. The highest BCUT2D eigenvalue weighted by molar-refractivity contribution is 5.99. The largest absolute Gasteiger partial charge is 0.383 e. The highest BCUT2D eigenvalue weighted by atomic mass is 16.1. The molecule has 106 valence electrons. The molecule has 1 aromatic rings. The molecular formula is C15H25N3O. The molecule has 0 aliphatic carbocycles. The first-order valence-electron chi connectivity index (χ1n) is 7.08. The van der Waals surface area contributed by atoms with Gasteiger partial charge in [0.1, 0.15) is 0 Å². The van der Waals surface area contributed by atoms with E-state index in [1.807, 2.05) is 6.92 Å². The molecule has 0 radical (unpaired) electrons. The number of carbonyl (C=O) groups excluding carboxylic acids is 1. The van der Waals surface area contributed by atoms with Crippen LogP contribution in [0.15, 0.2) is 18.5 Å². The van der Waals surface area contributed by atoms with Crippen LogP contribution in [-0.4, -0.2) is 23.5 Å². The van der Waals surface area contributed by atoms with E-state index < -0.39 is 0 Å². The zero-order valence-corrected chi connectivity index (χ0v) is 12.4. The molecule has 0 saturated carbocycles. The van der Waals surface area contributed by atoms with Crippen molar-refractivity contribution in [3.8, 4) is 0 Å². The van der Waals surface area contributed by atoms with Gasteiger partial charge in [0, 0.05) is 18.8 Å². The second kappa shape index (κ2) is 7.77. The zero-order valence-electron chi connectivity index (χ0n) is 12.4. The van der Waals surface area contributed by atoms with E-state index in [9.17, 15) is 4.79 Å². The third-order valence-corrected chi connectivity index (χ3v) is 3.49. The number of hydrogen-bond acceptors (Lipinski definition) is 3. The number of nitrogens with one attached hydrogen (secondary N) is 2. The molecule has 1 rings (SSSR count). The fourth-order valence-corrected chi connectivity index (χ4v) is 1.77. The molecule has 1 amide bonds. The van der Waals surface area contributed by atoms with Gasteiger partial charge in [-0.3, -0.25) is 9.78 Å². The van der Waals surface area contributed by atoms with Crippen LogP contribution in [0, 0.1) is 5.92 Å². The zero-order chi connectivity index (χ0) is 14.3. The lowest BCUT2D eigenvalue weighted by Crippen LogP contribution is -2.37. The number of aromatic nitrogens is 1. The van der Waals surface area contributed by atoms with Crippen LogP contribution in [-0.2, 0) is 0 Å². The average Bonchev–Trinajstić information content (AvgIpc) is 2.44. The summed E-state index contributed by atoms with van der Waals surface area (Å²) in [6.45, 7) is 9.26. The molecule has 0 spiro atoms. The monoisotopic (exact) mass is 263 g/mol. The fourth-order valence-electron chi connectivity index (χ4n) is 1.77. The Balaban J connectivity index is 2.76. The maximum absolute atomic E-state index is 12.3. The Morgan fingerprint density at radius 1 is 1.37 bits per heavy atom. The molecule has 2 N–H and O–H groups in total. The van der Waals surface area contributed by atoms with E-state index in [2.05, 4.69) is 36.4 Å². The van der Waals surface area contributed by atoms with Crippen LogP contribution in [0.3, 0.4) is 0 Å². The molecule has 0 aliphatic heterocycles. The van der Waals surface area contributed by atoms with Gasteiger partial charge in [-0.15, -0.1) is 0 Å². The van der Waals surface area contributed by atoms with Gasteiger partial charge in [0.15, 0.2) is 0 Å². The van der Waals surface area contributed by atoms with Gasteiger partial charge in [-0.25, -0.2) is 0 Å². The lowest BCUT2D eigenvalue weighted by Gasteiger charge is -2.20. The molecule has 0 saturated heterocycles. The molecule has 19 heavy (non-hydrogen) atoms. The van der Waals surface area contributed by atoms with Crippen molar-refractivity contribution >= 4 is 11.6 Å². The molecule has 2 atom stereocenters. The minimum atomic E-state index is -0.0335. The van der Waals surface area contributed by atoms with E-state index in [1.54, 1.807) is 18.5 Å². The summed E-state index contributed by atoms with van der Waals surface area (Å²) in [7, 11) is 0. The Morgan fingerprint density at radius 2 is 2.11 bits per heavy atom. The van der Waals surface area contributed by atoms with Crippen molar-refractivity contribution in [2.75, 3.05) is 11.9 Å². The summed E-state index contributed by atoms with van der Waals surface area (Å²) in [6.07, 6.45) is 5.43. The Kier molecular flexibility index (Phi) is 6.33.